The number of benzene rings is 2. The third-order valence-electron chi connectivity index (χ3n) is 4.99. The largest absolute Gasteiger partial charge is 0.484 e. The van der Waals surface area contributed by atoms with Gasteiger partial charge in [-0.1, -0.05) is 18.2 Å². The number of rotatable bonds is 6. The monoisotopic (exact) mass is 418 g/mol. The lowest BCUT2D eigenvalue weighted by atomic mass is 10.1. The Morgan fingerprint density at radius 2 is 1.81 bits per heavy atom. The molecule has 0 bridgehead atoms. The van der Waals surface area contributed by atoms with E-state index in [1.807, 2.05) is 62.4 Å². The lowest BCUT2D eigenvalue weighted by Crippen LogP contribution is -2.36. The van der Waals surface area contributed by atoms with E-state index in [1.165, 1.54) is 0 Å². The fourth-order valence-electron chi connectivity index (χ4n) is 3.56. The van der Waals surface area contributed by atoms with Gasteiger partial charge in [-0.05, 0) is 61.4 Å². The van der Waals surface area contributed by atoms with Gasteiger partial charge < -0.3 is 19.7 Å². The van der Waals surface area contributed by atoms with E-state index in [0.29, 0.717) is 24.7 Å². The molecule has 160 valence electrons. The van der Waals surface area contributed by atoms with Crippen LogP contribution in [0.15, 0.2) is 54.6 Å². The summed E-state index contributed by atoms with van der Waals surface area (Å²) in [5.41, 5.74) is 4.52. The minimum absolute atomic E-state index is 0.0544. The Hall–Kier alpha value is -3.45. The summed E-state index contributed by atoms with van der Waals surface area (Å²) in [6, 6.07) is 17.4. The Morgan fingerprint density at radius 1 is 1.03 bits per heavy atom. The zero-order valence-electron chi connectivity index (χ0n) is 17.8. The molecule has 31 heavy (non-hydrogen) atoms. The van der Waals surface area contributed by atoms with E-state index < -0.39 is 0 Å². The van der Waals surface area contributed by atoms with E-state index in [9.17, 15) is 4.79 Å². The highest BCUT2D eigenvalue weighted by Crippen LogP contribution is 2.22. The van der Waals surface area contributed by atoms with Crippen molar-refractivity contribution >= 4 is 17.4 Å². The summed E-state index contributed by atoms with van der Waals surface area (Å²) >= 11 is 0. The average Bonchev–Trinajstić information content (AvgIpc) is 2.78. The Morgan fingerprint density at radius 3 is 2.52 bits per heavy atom. The summed E-state index contributed by atoms with van der Waals surface area (Å²) < 4.78 is 11.0. The SMILES string of the molecule is Cc1cc(C)cc(OCC(=O)Nc2cccc(-c3ccc(N4CCOCC4)nn3)c2)c1. The first-order chi connectivity index (χ1) is 15.1. The molecule has 3 aromatic rings. The molecule has 1 amide bonds. The molecular weight excluding hydrogens is 392 g/mol. The maximum atomic E-state index is 12.3. The van der Waals surface area contributed by atoms with Crippen molar-refractivity contribution in [1.82, 2.24) is 10.2 Å². The standard InChI is InChI=1S/C24H26N4O3/c1-17-12-18(2)14-21(13-17)31-16-24(29)25-20-5-3-4-19(15-20)22-6-7-23(27-26-22)28-8-10-30-11-9-28/h3-7,12-15H,8-11,16H2,1-2H3,(H,25,29). The van der Waals surface area contributed by atoms with E-state index in [1.54, 1.807) is 0 Å². The van der Waals surface area contributed by atoms with Crippen LogP contribution >= 0.6 is 0 Å². The summed E-state index contributed by atoms with van der Waals surface area (Å²) in [4.78, 5) is 14.5. The smallest absolute Gasteiger partial charge is 0.262 e. The summed E-state index contributed by atoms with van der Waals surface area (Å²) in [6.07, 6.45) is 0. The third kappa shape index (κ3) is 5.58. The predicted octanol–water partition coefficient (Wildman–Crippen LogP) is 3.61. The van der Waals surface area contributed by atoms with Gasteiger partial charge in [0.25, 0.3) is 5.91 Å². The van der Waals surface area contributed by atoms with Crippen LogP contribution in [-0.2, 0) is 9.53 Å². The molecule has 7 nitrogen and oxygen atoms in total. The Balaban J connectivity index is 1.38. The van der Waals surface area contributed by atoms with Crippen molar-refractivity contribution in [1.29, 1.82) is 0 Å². The molecule has 1 saturated heterocycles. The van der Waals surface area contributed by atoms with Crippen LogP contribution in [0, 0.1) is 13.8 Å². The van der Waals surface area contributed by atoms with Gasteiger partial charge in [0.1, 0.15) is 5.75 Å². The van der Waals surface area contributed by atoms with Crippen LogP contribution < -0.4 is 15.0 Å². The number of aryl methyl sites for hydroxylation is 2. The second-order valence-corrected chi connectivity index (χ2v) is 7.62. The van der Waals surface area contributed by atoms with Gasteiger partial charge in [0.2, 0.25) is 0 Å². The molecule has 1 N–H and O–H groups in total. The molecule has 1 fully saturated rings. The first-order valence-corrected chi connectivity index (χ1v) is 10.3. The first-order valence-electron chi connectivity index (χ1n) is 10.3. The van der Waals surface area contributed by atoms with Crippen LogP contribution in [0.4, 0.5) is 11.5 Å². The second kappa shape index (κ2) is 9.57. The minimum atomic E-state index is -0.218. The van der Waals surface area contributed by atoms with Crippen molar-refractivity contribution in [2.24, 2.45) is 0 Å². The van der Waals surface area contributed by atoms with E-state index in [4.69, 9.17) is 9.47 Å². The lowest BCUT2D eigenvalue weighted by Gasteiger charge is -2.27. The Bertz CT molecular complexity index is 1030. The number of ether oxygens (including phenoxy) is 2. The van der Waals surface area contributed by atoms with Gasteiger partial charge in [0.15, 0.2) is 12.4 Å². The van der Waals surface area contributed by atoms with Gasteiger partial charge in [-0.15, -0.1) is 10.2 Å². The van der Waals surface area contributed by atoms with Gasteiger partial charge in [-0.2, -0.15) is 0 Å². The van der Waals surface area contributed by atoms with Gasteiger partial charge in [0.05, 0.1) is 18.9 Å². The summed E-state index contributed by atoms with van der Waals surface area (Å²) in [5, 5.41) is 11.6. The topological polar surface area (TPSA) is 76.6 Å². The van der Waals surface area contributed by atoms with Crippen LogP contribution in [-0.4, -0.2) is 49.0 Å². The maximum Gasteiger partial charge on any atom is 0.262 e. The van der Waals surface area contributed by atoms with Crippen molar-refractivity contribution in [3.05, 3.63) is 65.7 Å². The number of carbonyl (C=O) groups is 1. The normalized spacial score (nSPS) is 13.7. The number of aromatic nitrogens is 2. The highest BCUT2D eigenvalue weighted by Gasteiger charge is 2.13. The van der Waals surface area contributed by atoms with E-state index in [-0.39, 0.29) is 12.5 Å². The fourth-order valence-corrected chi connectivity index (χ4v) is 3.56. The maximum absolute atomic E-state index is 12.3. The van der Waals surface area contributed by atoms with Crippen molar-refractivity contribution in [2.75, 3.05) is 43.1 Å². The molecule has 1 aliphatic heterocycles. The highest BCUT2D eigenvalue weighted by molar-refractivity contribution is 5.92. The van der Waals surface area contributed by atoms with Crippen LogP contribution in [0.1, 0.15) is 11.1 Å². The number of anilines is 2. The molecule has 0 atom stereocenters. The van der Waals surface area contributed by atoms with E-state index in [2.05, 4.69) is 26.5 Å². The zero-order valence-corrected chi connectivity index (χ0v) is 17.8. The highest BCUT2D eigenvalue weighted by atomic mass is 16.5. The quantitative estimate of drug-likeness (QED) is 0.659. The molecule has 2 heterocycles. The van der Waals surface area contributed by atoms with Crippen LogP contribution in [0.25, 0.3) is 11.3 Å². The van der Waals surface area contributed by atoms with Crippen LogP contribution in [0.3, 0.4) is 0 Å². The van der Waals surface area contributed by atoms with Crippen LogP contribution in [0.5, 0.6) is 5.75 Å². The summed E-state index contributed by atoms with van der Waals surface area (Å²) in [6.45, 7) is 7.00. The minimum Gasteiger partial charge on any atom is -0.484 e. The van der Waals surface area contributed by atoms with Crippen molar-refractivity contribution in [3.8, 4) is 17.0 Å². The second-order valence-electron chi connectivity index (χ2n) is 7.62. The number of nitrogens with one attached hydrogen (secondary N) is 1. The number of nitrogens with zero attached hydrogens (tertiary/aromatic N) is 3. The Labute approximate surface area is 182 Å². The molecule has 0 aliphatic carbocycles. The van der Waals surface area contributed by atoms with Crippen molar-refractivity contribution in [2.45, 2.75) is 13.8 Å². The number of morpholine rings is 1. The number of carbonyl (C=O) groups excluding carboxylic acids is 1. The zero-order chi connectivity index (χ0) is 21.6. The summed E-state index contributed by atoms with van der Waals surface area (Å²) in [7, 11) is 0. The van der Waals surface area contributed by atoms with Crippen molar-refractivity contribution in [3.63, 3.8) is 0 Å². The predicted molar refractivity (Wildman–Crippen MR) is 121 cm³/mol. The number of amides is 1. The molecule has 0 saturated carbocycles. The molecule has 7 heteroatoms. The average molecular weight is 418 g/mol. The summed E-state index contributed by atoms with van der Waals surface area (Å²) in [5.74, 6) is 1.32. The molecule has 2 aromatic carbocycles. The molecular formula is C24H26N4O3. The van der Waals surface area contributed by atoms with Crippen LogP contribution in [0.2, 0.25) is 0 Å². The molecule has 1 aromatic heterocycles. The number of hydrogen-bond acceptors (Lipinski definition) is 6. The van der Waals surface area contributed by atoms with Gasteiger partial charge in [0, 0.05) is 24.3 Å². The molecule has 1 aliphatic rings. The molecule has 4 rings (SSSR count). The number of hydrogen-bond donors (Lipinski definition) is 1. The fraction of sp³-hybridized carbons (Fsp3) is 0.292. The van der Waals surface area contributed by atoms with E-state index in [0.717, 1.165) is 41.3 Å². The van der Waals surface area contributed by atoms with Gasteiger partial charge in [-0.3, -0.25) is 4.79 Å². The lowest BCUT2D eigenvalue weighted by molar-refractivity contribution is -0.118. The Kier molecular flexibility index (Phi) is 6.43. The first kappa shape index (κ1) is 20.8. The third-order valence-corrected chi connectivity index (χ3v) is 4.99. The van der Waals surface area contributed by atoms with Gasteiger partial charge in [-0.25, -0.2) is 0 Å². The van der Waals surface area contributed by atoms with Gasteiger partial charge >= 0.3 is 0 Å². The van der Waals surface area contributed by atoms with Crippen molar-refractivity contribution < 1.29 is 14.3 Å². The molecule has 0 spiro atoms. The molecule has 0 radical (unpaired) electrons. The van der Waals surface area contributed by atoms with E-state index >= 15 is 0 Å². The molecule has 0 unspecified atom stereocenters.